The van der Waals surface area contributed by atoms with E-state index >= 15 is 0 Å². The molecule has 2 fully saturated rings. The molecule has 1 unspecified atom stereocenters. The molecule has 9 heteroatoms. The van der Waals surface area contributed by atoms with Crippen LogP contribution < -0.4 is 10.6 Å². The van der Waals surface area contributed by atoms with Gasteiger partial charge < -0.3 is 15.7 Å². The number of alkyl halides is 3. The van der Waals surface area contributed by atoms with Crippen LogP contribution in [0.2, 0.25) is 0 Å². The molecule has 1 saturated carbocycles. The zero-order valence-electron chi connectivity index (χ0n) is 19.6. The van der Waals surface area contributed by atoms with Crippen molar-refractivity contribution in [2.24, 2.45) is 11.8 Å². The number of carbonyl (C=O) groups excluding carboxylic acids is 1. The standard InChI is InChI=1S/C25H33F3N4O2/c1-15(2)23(34)17-4-7-20(8-5-17)32-13-19(14-32)31-22(33)12-30-24-21-11-18(25(26,27)28)6-3-16(21)9-10-29-24/h3,6,9-11,15,17,19-20,23,34H,4-5,7-8,12-14H2,1-2H3,(H,29,30)(H,31,33)/t17-,20+,23?. The van der Waals surface area contributed by atoms with Gasteiger partial charge >= 0.3 is 6.18 Å². The van der Waals surface area contributed by atoms with E-state index in [9.17, 15) is 23.1 Å². The van der Waals surface area contributed by atoms with Crippen molar-refractivity contribution in [1.82, 2.24) is 15.2 Å². The minimum absolute atomic E-state index is 0.0585. The van der Waals surface area contributed by atoms with Gasteiger partial charge in [-0.3, -0.25) is 9.69 Å². The van der Waals surface area contributed by atoms with Crippen LogP contribution in [0.25, 0.3) is 10.8 Å². The summed E-state index contributed by atoms with van der Waals surface area (Å²) in [6, 6.07) is 5.72. The van der Waals surface area contributed by atoms with E-state index in [4.69, 9.17) is 0 Å². The van der Waals surface area contributed by atoms with Gasteiger partial charge in [-0.2, -0.15) is 13.2 Å². The fraction of sp³-hybridized carbons (Fsp3) is 0.600. The molecule has 1 aliphatic carbocycles. The molecule has 1 atom stereocenters. The summed E-state index contributed by atoms with van der Waals surface area (Å²) >= 11 is 0. The van der Waals surface area contributed by atoms with Gasteiger partial charge in [0, 0.05) is 30.7 Å². The Morgan fingerprint density at radius 1 is 1.18 bits per heavy atom. The highest BCUT2D eigenvalue weighted by Crippen LogP contribution is 2.34. The van der Waals surface area contributed by atoms with Crippen LogP contribution in [-0.4, -0.2) is 58.7 Å². The molecule has 34 heavy (non-hydrogen) atoms. The molecule has 2 aromatic rings. The number of likely N-dealkylation sites (tertiary alicyclic amines) is 1. The van der Waals surface area contributed by atoms with Gasteiger partial charge in [0.05, 0.1) is 24.3 Å². The Morgan fingerprint density at radius 3 is 2.53 bits per heavy atom. The molecule has 1 saturated heterocycles. The summed E-state index contributed by atoms with van der Waals surface area (Å²) in [6.45, 7) is 5.66. The summed E-state index contributed by atoms with van der Waals surface area (Å²) in [6.07, 6.45) is 1.06. The number of fused-ring (bicyclic) bond motifs is 1. The summed E-state index contributed by atoms with van der Waals surface area (Å²) in [5.41, 5.74) is -0.747. The Bertz CT molecular complexity index is 999. The maximum atomic E-state index is 13.1. The van der Waals surface area contributed by atoms with Crippen LogP contribution in [0.5, 0.6) is 0 Å². The molecule has 3 N–H and O–H groups in total. The average molecular weight is 479 g/mol. The summed E-state index contributed by atoms with van der Waals surface area (Å²) < 4.78 is 39.2. The second kappa shape index (κ2) is 10.1. The third-order valence-corrected chi connectivity index (χ3v) is 7.21. The van der Waals surface area contributed by atoms with Crippen molar-refractivity contribution in [2.75, 3.05) is 25.0 Å². The topological polar surface area (TPSA) is 77.5 Å². The molecule has 2 aliphatic rings. The monoisotopic (exact) mass is 478 g/mol. The van der Waals surface area contributed by atoms with E-state index in [-0.39, 0.29) is 36.3 Å². The van der Waals surface area contributed by atoms with Gasteiger partial charge in [0.1, 0.15) is 5.82 Å². The van der Waals surface area contributed by atoms with Crippen LogP contribution in [0.3, 0.4) is 0 Å². The van der Waals surface area contributed by atoms with E-state index < -0.39 is 11.7 Å². The number of aromatic nitrogens is 1. The van der Waals surface area contributed by atoms with Crippen LogP contribution >= 0.6 is 0 Å². The molecule has 2 heterocycles. The van der Waals surface area contributed by atoms with Crippen molar-refractivity contribution in [2.45, 2.75) is 63.9 Å². The highest BCUT2D eigenvalue weighted by molar-refractivity contribution is 5.93. The first-order valence-corrected chi connectivity index (χ1v) is 12.0. The highest BCUT2D eigenvalue weighted by Gasteiger charge is 2.36. The summed E-state index contributed by atoms with van der Waals surface area (Å²) in [5, 5.41) is 17.1. The lowest BCUT2D eigenvalue weighted by molar-refractivity contribution is -0.137. The number of pyridine rings is 1. The number of nitrogens with zero attached hydrogens (tertiary/aromatic N) is 2. The molecule has 4 rings (SSSR count). The second-order valence-corrected chi connectivity index (χ2v) is 9.97. The maximum Gasteiger partial charge on any atom is 0.416 e. The number of hydrogen-bond donors (Lipinski definition) is 3. The van der Waals surface area contributed by atoms with Gasteiger partial charge in [-0.05, 0) is 61.1 Å². The van der Waals surface area contributed by atoms with Gasteiger partial charge in [-0.25, -0.2) is 4.98 Å². The van der Waals surface area contributed by atoms with Gasteiger partial charge in [0.15, 0.2) is 0 Å². The maximum absolute atomic E-state index is 13.1. The predicted octanol–water partition coefficient (Wildman–Crippen LogP) is 4.04. The van der Waals surface area contributed by atoms with E-state index in [1.807, 2.05) is 0 Å². The number of aliphatic hydroxyl groups excluding tert-OH is 1. The van der Waals surface area contributed by atoms with E-state index in [2.05, 4.69) is 34.4 Å². The Balaban J connectivity index is 1.24. The molecule has 6 nitrogen and oxygen atoms in total. The number of amides is 1. The largest absolute Gasteiger partial charge is 0.416 e. The van der Waals surface area contributed by atoms with Gasteiger partial charge in [0.25, 0.3) is 0 Å². The van der Waals surface area contributed by atoms with Crippen LogP contribution in [0.4, 0.5) is 19.0 Å². The van der Waals surface area contributed by atoms with Crippen molar-refractivity contribution in [3.8, 4) is 0 Å². The second-order valence-electron chi connectivity index (χ2n) is 9.97. The fourth-order valence-corrected chi connectivity index (χ4v) is 5.18. The molecule has 1 aliphatic heterocycles. The number of nitrogens with one attached hydrogen (secondary N) is 2. The number of rotatable bonds is 7. The lowest BCUT2D eigenvalue weighted by atomic mass is 9.78. The number of benzene rings is 1. The Kier molecular flexibility index (Phi) is 7.33. The van der Waals surface area contributed by atoms with E-state index in [0.29, 0.717) is 22.7 Å². The normalized spacial score (nSPS) is 23.0. The van der Waals surface area contributed by atoms with E-state index in [1.165, 1.54) is 12.3 Å². The number of halogens is 3. The number of anilines is 1. The zero-order valence-corrected chi connectivity index (χ0v) is 19.6. The predicted molar refractivity (Wildman–Crippen MR) is 125 cm³/mol. The van der Waals surface area contributed by atoms with Gasteiger partial charge in [-0.15, -0.1) is 0 Å². The molecule has 0 radical (unpaired) electrons. The summed E-state index contributed by atoms with van der Waals surface area (Å²) in [5.74, 6) is 0.719. The molecular formula is C25H33F3N4O2. The quantitative estimate of drug-likeness (QED) is 0.560. The molecular weight excluding hydrogens is 445 g/mol. The summed E-state index contributed by atoms with van der Waals surface area (Å²) in [7, 11) is 0. The summed E-state index contributed by atoms with van der Waals surface area (Å²) in [4.78, 5) is 18.9. The number of aliphatic hydroxyl groups is 1. The Hall–Kier alpha value is -2.39. The van der Waals surface area contributed by atoms with Crippen molar-refractivity contribution in [3.63, 3.8) is 0 Å². The molecule has 0 spiro atoms. The Labute approximate surface area is 197 Å². The Morgan fingerprint density at radius 2 is 1.88 bits per heavy atom. The molecule has 1 amide bonds. The lowest BCUT2D eigenvalue weighted by Gasteiger charge is -2.47. The SMILES string of the molecule is CC(C)C(O)[C@H]1CC[C@@H](N2CC(NC(=O)CNc3nccc4ccc(C(F)(F)F)cc34)C2)CC1. The first-order valence-electron chi connectivity index (χ1n) is 12.0. The lowest BCUT2D eigenvalue weighted by Crippen LogP contribution is -2.63. The average Bonchev–Trinajstić information content (AvgIpc) is 2.78. The number of hydrogen-bond acceptors (Lipinski definition) is 5. The minimum Gasteiger partial charge on any atom is -0.393 e. The van der Waals surface area contributed by atoms with Crippen LogP contribution in [0, 0.1) is 11.8 Å². The first kappa shape index (κ1) is 24.7. The third-order valence-electron chi connectivity index (χ3n) is 7.21. The van der Waals surface area contributed by atoms with E-state index in [0.717, 1.165) is 50.9 Å². The fourth-order valence-electron chi connectivity index (χ4n) is 5.18. The van der Waals surface area contributed by atoms with Crippen LogP contribution in [-0.2, 0) is 11.0 Å². The molecule has 0 bridgehead atoms. The third kappa shape index (κ3) is 5.63. The first-order chi connectivity index (χ1) is 16.1. The van der Waals surface area contributed by atoms with E-state index in [1.54, 1.807) is 6.07 Å². The zero-order chi connectivity index (χ0) is 24.5. The van der Waals surface area contributed by atoms with Crippen molar-refractivity contribution in [1.29, 1.82) is 0 Å². The van der Waals surface area contributed by atoms with Crippen molar-refractivity contribution in [3.05, 3.63) is 36.0 Å². The molecule has 1 aromatic heterocycles. The minimum atomic E-state index is -4.44. The smallest absolute Gasteiger partial charge is 0.393 e. The molecule has 1 aromatic carbocycles. The van der Waals surface area contributed by atoms with Gasteiger partial charge in [-0.1, -0.05) is 19.9 Å². The molecule has 186 valence electrons. The highest BCUT2D eigenvalue weighted by atomic mass is 19.4. The van der Waals surface area contributed by atoms with Crippen molar-refractivity contribution >= 4 is 22.5 Å². The van der Waals surface area contributed by atoms with Crippen LogP contribution in [0.1, 0.15) is 45.1 Å². The van der Waals surface area contributed by atoms with Crippen molar-refractivity contribution < 1.29 is 23.1 Å². The van der Waals surface area contributed by atoms with Crippen LogP contribution in [0.15, 0.2) is 30.5 Å². The number of carbonyl (C=O) groups is 1. The van der Waals surface area contributed by atoms with Gasteiger partial charge in [0.2, 0.25) is 5.91 Å².